The van der Waals surface area contributed by atoms with E-state index in [-0.39, 0.29) is 5.41 Å². The number of rotatable bonds is 3. The van der Waals surface area contributed by atoms with Crippen molar-refractivity contribution in [1.29, 1.82) is 0 Å². The lowest BCUT2D eigenvalue weighted by molar-refractivity contribution is 0.473. The minimum atomic E-state index is 0.0276. The summed E-state index contributed by atoms with van der Waals surface area (Å²) < 4.78 is 0. The number of halogens is 1. The molecule has 7 heteroatoms. The average molecular weight is 361 g/mol. The Morgan fingerprint density at radius 1 is 1.08 bits per heavy atom. The number of hydrogen-bond acceptors (Lipinski definition) is 6. The Kier molecular flexibility index (Phi) is 5.08. The third-order valence-electron chi connectivity index (χ3n) is 4.68. The summed E-state index contributed by atoms with van der Waals surface area (Å²) in [5, 5.41) is 9.39. The van der Waals surface area contributed by atoms with E-state index in [1.54, 1.807) is 12.4 Å². The smallest absolute Gasteiger partial charge is 0.225 e. The summed E-state index contributed by atoms with van der Waals surface area (Å²) in [5.74, 6) is 1.68. The second-order valence-electron chi connectivity index (χ2n) is 7.56. The van der Waals surface area contributed by atoms with Gasteiger partial charge in [-0.25, -0.2) is 9.97 Å². The Bertz CT molecular complexity index is 687. The lowest BCUT2D eigenvalue weighted by Crippen LogP contribution is -2.44. The maximum atomic E-state index is 5.87. The summed E-state index contributed by atoms with van der Waals surface area (Å²) in [4.78, 5) is 13.1. The van der Waals surface area contributed by atoms with E-state index < -0.39 is 0 Å². The topological polar surface area (TPSA) is 58.0 Å². The molecule has 0 atom stereocenters. The zero-order valence-electron chi connectivity index (χ0n) is 15.3. The summed E-state index contributed by atoms with van der Waals surface area (Å²) in [6, 6.07) is 4.58. The van der Waals surface area contributed by atoms with Crippen LogP contribution in [0.15, 0.2) is 24.5 Å². The molecule has 0 radical (unpaired) electrons. The van der Waals surface area contributed by atoms with E-state index in [0.717, 1.165) is 43.4 Å². The van der Waals surface area contributed by atoms with Gasteiger partial charge in [0.2, 0.25) is 5.95 Å². The maximum Gasteiger partial charge on any atom is 0.225 e. The number of nitrogens with zero attached hydrogens (tertiary/aromatic N) is 6. The highest BCUT2D eigenvalue weighted by atomic mass is 35.5. The minimum absolute atomic E-state index is 0.0276. The highest BCUT2D eigenvalue weighted by Crippen LogP contribution is 2.24. The third kappa shape index (κ3) is 4.18. The highest BCUT2D eigenvalue weighted by molar-refractivity contribution is 6.30. The first-order chi connectivity index (χ1) is 11.8. The van der Waals surface area contributed by atoms with Crippen LogP contribution in [0, 0.1) is 0 Å². The molecule has 2 aromatic rings. The molecule has 1 aliphatic rings. The predicted molar refractivity (Wildman–Crippen MR) is 101 cm³/mol. The molecule has 0 unspecified atom stereocenters. The van der Waals surface area contributed by atoms with Gasteiger partial charge in [-0.05, 0) is 25.0 Å². The SMILES string of the molecule is CN(c1ncc(Cl)cn1)C1CCN(c2ccc(C(C)(C)C)nn2)CC1. The first-order valence-corrected chi connectivity index (χ1v) is 9.02. The van der Waals surface area contributed by atoms with Crippen molar-refractivity contribution in [2.45, 2.75) is 45.1 Å². The molecule has 3 heterocycles. The van der Waals surface area contributed by atoms with Gasteiger partial charge in [-0.2, -0.15) is 5.10 Å². The van der Waals surface area contributed by atoms with Gasteiger partial charge in [0.1, 0.15) is 0 Å². The van der Waals surface area contributed by atoms with Gasteiger partial charge in [0.15, 0.2) is 5.82 Å². The van der Waals surface area contributed by atoms with Crippen molar-refractivity contribution >= 4 is 23.4 Å². The number of aromatic nitrogens is 4. The van der Waals surface area contributed by atoms with Gasteiger partial charge >= 0.3 is 0 Å². The van der Waals surface area contributed by atoms with Crippen molar-refractivity contribution in [3.05, 3.63) is 35.2 Å². The number of anilines is 2. The van der Waals surface area contributed by atoms with Crippen LogP contribution in [-0.4, -0.2) is 46.3 Å². The van der Waals surface area contributed by atoms with Crippen LogP contribution < -0.4 is 9.80 Å². The molecule has 0 bridgehead atoms. The van der Waals surface area contributed by atoms with E-state index in [2.05, 4.69) is 62.9 Å². The van der Waals surface area contributed by atoms with Crippen molar-refractivity contribution in [3.63, 3.8) is 0 Å². The Morgan fingerprint density at radius 3 is 2.24 bits per heavy atom. The monoisotopic (exact) mass is 360 g/mol. The van der Waals surface area contributed by atoms with Gasteiger partial charge in [0.05, 0.1) is 23.1 Å². The van der Waals surface area contributed by atoms with Crippen molar-refractivity contribution in [2.75, 3.05) is 29.9 Å². The van der Waals surface area contributed by atoms with Crippen LogP contribution in [0.1, 0.15) is 39.3 Å². The normalized spacial score (nSPS) is 16.1. The van der Waals surface area contributed by atoms with Crippen LogP contribution in [0.25, 0.3) is 0 Å². The largest absolute Gasteiger partial charge is 0.355 e. The van der Waals surface area contributed by atoms with Gasteiger partial charge in [0, 0.05) is 31.6 Å². The van der Waals surface area contributed by atoms with Gasteiger partial charge in [-0.1, -0.05) is 32.4 Å². The lowest BCUT2D eigenvalue weighted by Gasteiger charge is -2.37. The summed E-state index contributed by atoms with van der Waals surface area (Å²) >= 11 is 5.87. The zero-order chi connectivity index (χ0) is 18.0. The van der Waals surface area contributed by atoms with Crippen LogP contribution in [0.4, 0.5) is 11.8 Å². The zero-order valence-corrected chi connectivity index (χ0v) is 16.0. The third-order valence-corrected chi connectivity index (χ3v) is 4.87. The molecule has 1 fully saturated rings. The van der Waals surface area contributed by atoms with E-state index in [4.69, 9.17) is 11.6 Å². The fraction of sp³-hybridized carbons (Fsp3) is 0.556. The van der Waals surface area contributed by atoms with Crippen LogP contribution >= 0.6 is 11.6 Å². The molecule has 1 saturated heterocycles. The molecular weight excluding hydrogens is 336 g/mol. The number of hydrogen-bond donors (Lipinski definition) is 0. The summed E-state index contributed by atoms with van der Waals surface area (Å²) in [6.45, 7) is 8.35. The van der Waals surface area contributed by atoms with Gasteiger partial charge < -0.3 is 9.80 Å². The van der Waals surface area contributed by atoms with E-state index in [0.29, 0.717) is 11.1 Å². The van der Waals surface area contributed by atoms with Crippen LogP contribution in [-0.2, 0) is 5.41 Å². The Morgan fingerprint density at radius 2 is 1.72 bits per heavy atom. The Hall–Kier alpha value is -1.95. The molecule has 6 nitrogen and oxygen atoms in total. The molecule has 0 N–H and O–H groups in total. The minimum Gasteiger partial charge on any atom is -0.355 e. The molecule has 134 valence electrons. The molecule has 3 rings (SSSR count). The molecule has 0 amide bonds. The molecule has 0 aliphatic carbocycles. The second-order valence-corrected chi connectivity index (χ2v) is 7.99. The van der Waals surface area contributed by atoms with Crippen molar-refractivity contribution < 1.29 is 0 Å². The van der Waals surface area contributed by atoms with Crippen molar-refractivity contribution in [2.24, 2.45) is 0 Å². The Balaban J connectivity index is 1.60. The summed E-state index contributed by atoms with van der Waals surface area (Å²) in [5.41, 5.74) is 1.05. The lowest BCUT2D eigenvalue weighted by atomic mass is 9.92. The van der Waals surface area contributed by atoms with E-state index in [9.17, 15) is 0 Å². The predicted octanol–water partition coefficient (Wildman–Crippen LogP) is 3.32. The number of piperidine rings is 1. The van der Waals surface area contributed by atoms with E-state index in [1.807, 2.05) is 7.05 Å². The molecule has 0 aromatic carbocycles. The van der Waals surface area contributed by atoms with Crippen molar-refractivity contribution in [3.8, 4) is 0 Å². The summed E-state index contributed by atoms with van der Waals surface area (Å²) in [7, 11) is 2.04. The highest BCUT2D eigenvalue weighted by Gasteiger charge is 2.25. The average Bonchev–Trinajstić information content (AvgIpc) is 2.61. The Labute approximate surface area is 154 Å². The molecule has 0 spiro atoms. The van der Waals surface area contributed by atoms with Gasteiger partial charge in [-0.3, -0.25) is 0 Å². The molecule has 0 saturated carbocycles. The molecular formula is C18H25ClN6. The molecule has 2 aromatic heterocycles. The van der Waals surface area contributed by atoms with Gasteiger partial charge in [0.25, 0.3) is 0 Å². The van der Waals surface area contributed by atoms with E-state index >= 15 is 0 Å². The van der Waals surface area contributed by atoms with Crippen LogP contribution in [0.5, 0.6) is 0 Å². The fourth-order valence-corrected chi connectivity index (χ4v) is 3.12. The molecule has 25 heavy (non-hydrogen) atoms. The molecule has 1 aliphatic heterocycles. The first kappa shape index (κ1) is 17.9. The quantitative estimate of drug-likeness (QED) is 0.836. The van der Waals surface area contributed by atoms with E-state index in [1.165, 1.54) is 0 Å². The van der Waals surface area contributed by atoms with Crippen LogP contribution in [0.2, 0.25) is 5.02 Å². The van der Waals surface area contributed by atoms with Gasteiger partial charge in [-0.15, -0.1) is 5.10 Å². The standard InChI is InChI=1S/C18H25ClN6/c1-18(2,3)15-5-6-16(23-22-15)25-9-7-14(8-10-25)24(4)17-20-11-13(19)12-21-17/h5-6,11-12,14H,7-10H2,1-4H3. The first-order valence-electron chi connectivity index (χ1n) is 8.64. The summed E-state index contributed by atoms with van der Waals surface area (Å²) in [6.07, 6.45) is 5.35. The van der Waals surface area contributed by atoms with Crippen molar-refractivity contribution in [1.82, 2.24) is 20.2 Å². The second kappa shape index (κ2) is 7.12. The maximum absolute atomic E-state index is 5.87. The van der Waals surface area contributed by atoms with Crippen LogP contribution in [0.3, 0.4) is 0 Å². The fourth-order valence-electron chi connectivity index (χ4n) is 3.03.